The molecule has 0 fully saturated rings. The Morgan fingerprint density at radius 3 is 0.889 bits per heavy atom. The van der Waals surface area contributed by atoms with Gasteiger partial charge in [0.1, 0.15) is 5.66 Å². The smallest absolute Gasteiger partial charge is 0.116 e. The molecule has 0 radical (unpaired) electrons. The minimum absolute atomic E-state index is 0.437. The van der Waals surface area contributed by atoms with Crippen LogP contribution in [0.5, 0.6) is 0 Å². The third-order valence-electron chi connectivity index (χ3n) is 5.58. The van der Waals surface area contributed by atoms with Crippen LogP contribution in [0.3, 0.4) is 0 Å². The van der Waals surface area contributed by atoms with Crippen molar-refractivity contribution in [2.45, 2.75) is 84.7 Å². The molecule has 0 bridgehead atoms. The first kappa shape index (κ1) is 21.7. The first-order chi connectivity index (χ1) is 12.4. The Balaban J connectivity index is 2.67. The molecule has 2 aromatic carbocycles. The van der Waals surface area contributed by atoms with Crippen molar-refractivity contribution in [1.82, 2.24) is 0 Å². The van der Waals surface area contributed by atoms with E-state index in [0.29, 0.717) is 23.7 Å². The van der Waals surface area contributed by atoms with E-state index in [0.717, 1.165) is 11.1 Å². The normalized spacial score (nSPS) is 12.7. The molecule has 0 aromatic heterocycles. The maximum atomic E-state index is 6.81. The molecule has 0 saturated carbocycles. The van der Waals surface area contributed by atoms with Crippen molar-refractivity contribution < 1.29 is 0 Å². The van der Waals surface area contributed by atoms with Gasteiger partial charge in [-0.2, -0.15) is 0 Å². The monoisotopic (exact) mass is 366 g/mol. The van der Waals surface area contributed by atoms with Crippen LogP contribution in [-0.2, 0) is 5.66 Å². The summed E-state index contributed by atoms with van der Waals surface area (Å²) in [6.45, 7) is 17.7. The van der Waals surface area contributed by atoms with Crippen LogP contribution in [-0.4, -0.2) is 0 Å². The van der Waals surface area contributed by atoms with Gasteiger partial charge in [-0.05, 0) is 57.1 Å². The summed E-state index contributed by atoms with van der Waals surface area (Å²) >= 11 is 0. The minimum Gasteiger partial charge on any atom is -0.306 e. The molecule has 4 N–H and O–H groups in total. The topological polar surface area (TPSA) is 52.0 Å². The molecule has 2 aromatic rings. The predicted octanol–water partition coefficient (Wildman–Crippen LogP) is 6.30. The van der Waals surface area contributed by atoms with Gasteiger partial charge in [-0.1, -0.05) is 91.8 Å². The van der Waals surface area contributed by atoms with E-state index >= 15 is 0 Å². The zero-order valence-corrected chi connectivity index (χ0v) is 18.4. The molecule has 0 saturated heterocycles. The summed E-state index contributed by atoms with van der Waals surface area (Å²) in [6, 6.07) is 13.3. The molecule has 0 atom stereocenters. The summed E-state index contributed by atoms with van der Waals surface area (Å²) in [4.78, 5) is 0. The fourth-order valence-corrected chi connectivity index (χ4v) is 3.33. The number of hydrogen-bond acceptors (Lipinski definition) is 2. The summed E-state index contributed by atoms with van der Waals surface area (Å²) in [6.07, 6.45) is 0. The highest BCUT2D eigenvalue weighted by Gasteiger charge is 2.27. The van der Waals surface area contributed by atoms with Crippen molar-refractivity contribution in [3.8, 4) is 0 Å². The van der Waals surface area contributed by atoms with Gasteiger partial charge in [0.05, 0.1) is 0 Å². The highest BCUT2D eigenvalue weighted by molar-refractivity contribution is 5.45. The molecule has 2 heteroatoms. The molecular weight excluding hydrogens is 328 g/mol. The van der Waals surface area contributed by atoms with Crippen LogP contribution < -0.4 is 11.5 Å². The van der Waals surface area contributed by atoms with Crippen molar-refractivity contribution in [2.24, 2.45) is 11.5 Å². The summed E-state index contributed by atoms with van der Waals surface area (Å²) in [5.41, 5.74) is 19.8. The lowest BCUT2D eigenvalue weighted by Gasteiger charge is -2.30. The summed E-state index contributed by atoms with van der Waals surface area (Å²) in [7, 11) is 0. The van der Waals surface area contributed by atoms with Gasteiger partial charge >= 0.3 is 0 Å². The molecule has 0 unspecified atom stereocenters. The second kappa shape index (κ2) is 8.16. The van der Waals surface area contributed by atoms with E-state index in [9.17, 15) is 0 Å². The second-order valence-electron chi connectivity index (χ2n) is 9.26. The molecule has 0 aliphatic heterocycles. The lowest BCUT2D eigenvalue weighted by atomic mass is 9.83. The van der Waals surface area contributed by atoms with Crippen LogP contribution in [0.2, 0.25) is 0 Å². The Morgan fingerprint density at radius 2 is 0.704 bits per heavy atom. The van der Waals surface area contributed by atoms with Crippen LogP contribution in [0.4, 0.5) is 0 Å². The van der Waals surface area contributed by atoms with E-state index in [1.165, 1.54) is 22.3 Å². The third kappa shape index (κ3) is 4.80. The molecular formula is C25H38N2. The number of nitrogens with two attached hydrogens (primary N) is 2. The summed E-state index contributed by atoms with van der Waals surface area (Å²) < 4.78 is 0. The molecule has 0 heterocycles. The van der Waals surface area contributed by atoms with Crippen LogP contribution >= 0.6 is 0 Å². The van der Waals surface area contributed by atoms with Crippen molar-refractivity contribution in [3.63, 3.8) is 0 Å². The average molecular weight is 367 g/mol. The molecule has 0 spiro atoms. The van der Waals surface area contributed by atoms with Gasteiger partial charge in [-0.3, -0.25) is 0 Å². The SMILES string of the molecule is CC(C)c1cc(C(C)C)cc(C(N)(N)c2cc(C(C)C)cc(C(C)C)c2)c1. The quantitative estimate of drug-likeness (QED) is 0.589. The maximum Gasteiger partial charge on any atom is 0.116 e. The van der Waals surface area contributed by atoms with E-state index in [1.807, 2.05) is 0 Å². The Morgan fingerprint density at radius 1 is 0.481 bits per heavy atom. The molecule has 0 aliphatic carbocycles. The fraction of sp³-hybridized carbons (Fsp3) is 0.520. The van der Waals surface area contributed by atoms with Gasteiger partial charge in [-0.25, -0.2) is 0 Å². The van der Waals surface area contributed by atoms with Crippen LogP contribution in [0.1, 0.15) is 112 Å². The van der Waals surface area contributed by atoms with E-state index in [4.69, 9.17) is 11.5 Å². The third-order valence-corrected chi connectivity index (χ3v) is 5.58. The van der Waals surface area contributed by atoms with Gasteiger partial charge in [0.15, 0.2) is 0 Å². The highest BCUT2D eigenvalue weighted by atomic mass is 15.0. The molecule has 2 rings (SSSR count). The first-order valence-corrected chi connectivity index (χ1v) is 10.3. The van der Waals surface area contributed by atoms with Gasteiger partial charge in [0.25, 0.3) is 0 Å². The Hall–Kier alpha value is -1.64. The predicted molar refractivity (Wildman–Crippen MR) is 118 cm³/mol. The molecule has 0 aliphatic rings. The van der Waals surface area contributed by atoms with E-state index in [-0.39, 0.29) is 0 Å². The van der Waals surface area contributed by atoms with Crippen LogP contribution in [0.25, 0.3) is 0 Å². The van der Waals surface area contributed by atoms with Crippen molar-refractivity contribution in [2.75, 3.05) is 0 Å². The Labute approximate surface area is 166 Å². The Kier molecular flexibility index (Phi) is 6.55. The second-order valence-corrected chi connectivity index (χ2v) is 9.26. The molecule has 0 amide bonds. The largest absolute Gasteiger partial charge is 0.306 e. The molecule has 27 heavy (non-hydrogen) atoms. The van der Waals surface area contributed by atoms with Gasteiger partial charge in [-0.15, -0.1) is 0 Å². The number of rotatable bonds is 6. The lowest BCUT2D eigenvalue weighted by Crippen LogP contribution is -2.47. The number of hydrogen-bond donors (Lipinski definition) is 2. The summed E-state index contributed by atoms with van der Waals surface area (Å²) in [5, 5.41) is 0. The highest BCUT2D eigenvalue weighted by Crippen LogP contribution is 2.32. The first-order valence-electron chi connectivity index (χ1n) is 10.3. The van der Waals surface area contributed by atoms with E-state index < -0.39 is 5.66 Å². The average Bonchev–Trinajstić information content (AvgIpc) is 2.60. The van der Waals surface area contributed by atoms with Crippen LogP contribution in [0, 0.1) is 0 Å². The minimum atomic E-state index is -1.01. The summed E-state index contributed by atoms with van der Waals surface area (Å²) in [5.74, 6) is 1.75. The number of benzene rings is 2. The van der Waals surface area contributed by atoms with Gasteiger partial charge < -0.3 is 11.5 Å². The zero-order chi connectivity index (χ0) is 20.5. The van der Waals surface area contributed by atoms with Crippen molar-refractivity contribution >= 4 is 0 Å². The molecule has 148 valence electrons. The standard InChI is InChI=1S/C25H38N2/c1-15(2)19-9-20(16(3)4)12-23(11-19)25(26,27)24-13-21(17(5)6)10-22(14-24)18(7)8/h9-18H,26-27H2,1-8H3. The van der Waals surface area contributed by atoms with Crippen LogP contribution in [0.15, 0.2) is 36.4 Å². The van der Waals surface area contributed by atoms with E-state index in [2.05, 4.69) is 91.8 Å². The van der Waals surface area contributed by atoms with E-state index in [1.54, 1.807) is 0 Å². The maximum absolute atomic E-state index is 6.81. The fourth-order valence-electron chi connectivity index (χ4n) is 3.33. The van der Waals surface area contributed by atoms with Crippen molar-refractivity contribution in [3.05, 3.63) is 69.8 Å². The van der Waals surface area contributed by atoms with Crippen molar-refractivity contribution in [1.29, 1.82) is 0 Å². The zero-order valence-electron chi connectivity index (χ0n) is 18.4. The molecule has 2 nitrogen and oxygen atoms in total. The van der Waals surface area contributed by atoms with Gasteiger partial charge in [0, 0.05) is 0 Å². The van der Waals surface area contributed by atoms with Gasteiger partial charge in [0.2, 0.25) is 0 Å². The lowest BCUT2D eigenvalue weighted by molar-refractivity contribution is 0.561. The Bertz CT molecular complexity index is 665.